The Balaban J connectivity index is 1.92. The van der Waals surface area contributed by atoms with E-state index in [1.165, 1.54) is 6.21 Å². The molecule has 0 aliphatic heterocycles. The number of hydrazone groups is 1. The van der Waals surface area contributed by atoms with Crippen molar-refractivity contribution in [2.75, 3.05) is 5.32 Å². The van der Waals surface area contributed by atoms with Crippen molar-refractivity contribution >= 4 is 51.2 Å². The standard InChI is InChI=1S/C16H13BrClN3O2/c1-10-8-12(17)4-7-14(10)20-15(22)16(23)21-19-9-11-2-5-13(18)6-3-11/h2-9H,1H3,(H,20,22)(H,21,23)/b19-9+. The van der Waals surface area contributed by atoms with Crippen molar-refractivity contribution in [3.63, 3.8) is 0 Å². The minimum atomic E-state index is -0.850. The number of aryl methyl sites for hydroxylation is 1. The summed E-state index contributed by atoms with van der Waals surface area (Å²) < 4.78 is 0.894. The molecule has 2 rings (SSSR count). The van der Waals surface area contributed by atoms with Crippen LogP contribution in [0.3, 0.4) is 0 Å². The van der Waals surface area contributed by atoms with Crippen LogP contribution in [0.2, 0.25) is 5.02 Å². The summed E-state index contributed by atoms with van der Waals surface area (Å²) in [6, 6.07) is 12.2. The molecule has 0 unspecified atom stereocenters. The van der Waals surface area contributed by atoms with E-state index < -0.39 is 11.8 Å². The molecule has 0 heterocycles. The van der Waals surface area contributed by atoms with Gasteiger partial charge in [-0.2, -0.15) is 5.10 Å². The molecule has 0 aliphatic rings. The van der Waals surface area contributed by atoms with Crippen LogP contribution in [0.1, 0.15) is 11.1 Å². The Hall–Kier alpha value is -2.18. The van der Waals surface area contributed by atoms with Gasteiger partial charge in [0.25, 0.3) is 0 Å². The van der Waals surface area contributed by atoms with Gasteiger partial charge in [0.15, 0.2) is 0 Å². The summed E-state index contributed by atoms with van der Waals surface area (Å²) in [7, 11) is 0. The van der Waals surface area contributed by atoms with Crippen molar-refractivity contribution in [2.24, 2.45) is 5.10 Å². The lowest BCUT2D eigenvalue weighted by Gasteiger charge is -2.07. The number of halogens is 2. The summed E-state index contributed by atoms with van der Waals surface area (Å²) >= 11 is 9.10. The Morgan fingerprint density at radius 2 is 1.83 bits per heavy atom. The van der Waals surface area contributed by atoms with Gasteiger partial charge in [-0.05, 0) is 48.4 Å². The molecule has 2 aromatic carbocycles. The summed E-state index contributed by atoms with van der Waals surface area (Å²) in [5.74, 6) is -1.64. The van der Waals surface area contributed by atoms with E-state index in [1.807, 2.05) is 13.0 Å². The Bertz CT molecular complexity index is 760. The minimum absolute atomic E-state index is 0.565. The molecule has 0 saturated carbocycles. The third-order valence-electron chi connectivity index (χ3n) is 2.89. The maximum Gasteiger partial charge on any atom is 0.329 e. The summed E-state index contributed by atoms with van der Waals surface area (Å²) in [5.41, 5.74) is 4.32. The maximum atomic E-state index is 11.8. The van der Waals surface area contributed by atoms with E-state index in [9.17, 15) is 9.59 Å². The molecule has 2 amide bonds. The van der Waals surface area contributed by atoms with Crippen molar-refractivity contribution in [3.05, 3.63) is 63.1 Å². The first kappa shape index (κ1) is 17.2. The van der Waals surface area contributed by atoms with Crippen LogP contribution in [-0.2, 0) is 9.59 Å². The molecule has 2 aromatic rings. The molecular formula is C16H13BrClN3O2. The third kappa shape index (κ3) is 5.19. The fourth-order valence-corrected chi connectivity index (χ4v) is 2.31. The zero-order chi connectivity index (χ0) is 16.8. The van der Waals surface area contributed by atoms with Gasteiger partial charge < -0.3 is 5.32 Å². The van der Waals surface area contributed by atoms with Gasteiger partial charge in [-0.15, -0.1) is 0 Å². The van der Waals surface area contributed by atoms with Crippen molar-refractivity contribution in [2.45, 2.75) is 6.92 Å². The molecule has 7 heteroatoms. The molecule has 0 spiro atoms. The van der Waals surface area contributed by atoms with Gasteiger partial charge >= 0.3 is 11.8 Å². The first-order valence-corrected chi connectivity index (χ1v) is 7.79. The molecule has 0 aliphatic carbocycles. The average Bonchev–Trinajstić information content (AvgIpc) is 2.51. The molecule has 0 fully saturated rings. The van der Waals surface area contributed by atoms with Crippen LogP contribution in [0, 0.1) is 6.92 Å². The zero-order valence-corrected chi connectivity index (χ0v) is 14.5. The second kappa shape index (κ2) is 7.89. The summed E-state index contributed by atoms with van der Waals surface area (Å²) in [6.45, 7) is 1.83. The van der Waals surface area contributed by atoms with Gasteiger partial charge in [0.1, 0.15) is 0 Å². The van der Waals surface area contributed by atoms with E-state index in [0.29, 0.717) is 10.7 Å². The molecule has 0 atom stereocenters. The van der Waals surface area contributed by atoms with E-state index in [2.05, 4.69) is 31.8 Å². The van der Waals surface area contributed by atoms with Crippen LogP contribution in [0.15, 0.2) is 52.0 Å². The highest BCUT2D eigenvalue weighted by atomic mass is 79.9. The number of rotatable bonds is 3. The van der Waals surface area contributed by atoms with Gasteiger partial charge in [0.2, 0.25) is 0 Å². The molecule has 0 radical (unpaired) electrons. The van der Waals surface area contributed by atoms with Crippen LogP contribution in [-0.4, -0.2) is 18.0 Å². The SMILES string of the molecule is Cc1cc(Br)ccc1NC(=O)C(=O)N/N=C/c1ccc(Cl)cc1. The molecule has 5 nitrogen and oxygen atoms in total. The number of benzene rings is 2. The largest absolute Gasteiger partial charge is 0.329 e. The number of anilines is 1. The normalized spacial score (nSPS) is 10.6. The fourth-order valence-electron chi connectivity index (χ4n) is 1.71. The number of amides is 2. The van der Waals surface area contributed by atoms with Gasteiger partial charge in [0, 0.05) is 15.2 Å². The van der Waals surface area contributed by atoms with E-state index in [1.54, 1.807) is 36.4 Å². The lowest BCUT2D eigenvalue weighted by Crippen LogP contribution is -2.32. The van der Waals surface area contributed by atoms with E-state index in [0.717, 1.165) is 15.6 Å². The predicted octanol–water partition coefficient (Wildman–Crippen LogP) is 3.50. The Morgan fingerprint density at radius 3 is 2.48 bits per heavy atom. The molecule has 0 bridgehead atoms. The lowest BCUT2D eigenvalue weighted by atomic mass is 10.2. The van der Waals surface area contributed by atoms with Crippen molar-refractivity contribution < 1.29 is 9.59 Å². The number of hydrogen-bond acceptors (Lipinski definition) is 3. The maximum absolute atomic E-state index is 11.8. The van der Waals surface area contributed by atoms with Gasteiger partial charge in [-0.1, -0.05) is 39.7 Å². The van der Waals surface area contributed by atoms with Crippen molar-refractivity contribution in [3.8, 4) is 0 Å². The van der Waals surface area contributed by atoms with Crippen LogP contribution in [0.25, 0.3) is 0 Å². The fraction of sp³-hybridized carbons (Fsp3) is 0.0625. The Morgan fingerprint density at radius 1 is 1.13 bits per heavy atom. The van der Waals surface area contributed by atoms with Crippen LogP contribution in [0.5, 0.6) is 0 Å². The second-order valence-corrected chi connectivity index (χ2v) is 6.02. The summed E-state index contributed by atoms with van der Waals surface area (Å²) in [6.07, 6.45) is 1.42. The Labute approximate surface area is 146 Å². The highest BCUT2D eigenvalue weighted by Crippen LogP contribution is 2.19. The summed E-state index contributed by atoms with van der Waals surface area (Å²) in [4.78, 5) is 23.5. The molecule has 2 N–H and O–H groups in total. The first-order valence-electron chi connectivity index (χ1n) is 6.62. The van der Waals surface area contributed by atoms with Crippen molar-refractivity contribution in [1.82, 2.24) is 5.43 Å². The molecule has 23 heavy (non-hydrogen) atoms. The van der Waals surface area contributed by atoms with E-state index >= 15 is 0 Å². The van der Waals surface area contributed by atoms with Gasteiger partial charge in [0.05, 0.1) is 6.21 Å². The number of nitrogens with one attached hydrogen (secondary N) is 2. The van der Waals surface area contributed by atoms with Crippen LogP contribution >= 0.6 is 27.5 Å². The smallest absolute Gasteiger partial charge is 0.317 e. The van der Waals surface area contributed by atoms with E-state index in [4.69, 9.17) is 11.6 Å². The molecule has 0 aromatic heterocycles. The quantitative estimate of drug-likeness (QED) is 0.475. The second-order valence-electron chi connectivity index (χ2n) is 4.66. The Kier molecular flexibility index (Phi) is 5.90. The topological polar surface area (TPSA) is 70.6 Å². The first-order chi connectivity index (χ1) is 11.0. The van der Waals surface area contributed by atoms with Crippen molar-refractivity contribution in [1.29, 1.82) is 0 Å². The zero-order valence-electron chi connectivity index (χ0n) is 12.1. The third-order valence-corrected chi connectivity index (χ3v) is 3.64. The average molecular weight is 395 g/mol. The van der Waals surface area contributed by atoms with Gasteiger partial charge in [-0.25, -0.2) is 5.43 Å². The predicted molar refractivity (Wildman–Crippen MR) is 94.7 cm³/mol. The highest BCUT2D eigenvalue weighted by Gasteiger charge is 2.13. The minimum Gasteiger partial charge on any atom is -0.317 e. The number of carbonyl (C=O) groups excluding carboxylic acids is 2. The molecule has 118 valence electrons. The molecular weight excluding hydrogens is 382 g/mol. The molecule has 0 saturated heterocycles. The van der Waals surface area contributed by atoms with E-state index in [-0.39, 0.29) is 0 Å². The van der Waals surface area contributed by atoms with Gasteiger partial charge in [-0.3, -0.25) is 9.59 Å². The summed E-state index contributed by atoms with van der Waals surface area (Å²) in [5, 5.41) is 6.87. The van der Waals surface area contributed by atoms with Crippen LogP contribution in [0.4, 0.5) is 5.69 Å². The number of carbonyl (C=O) groups is 2. The van der Waals surface area contributed by atoms with Crippen LogP contribution < -0.4 is 10.7 Å². The lowest BCUT2D eigenvalue weighted by molar-refractivity contribution is -0.136. The number of nitrogens with zero attached hydrogens (tertiary/aromatic N) is 1. The number of hydrogen-bond donors (Lipinski definition) is 2. The monoisotopic (exact) mass is 393 g/mol. The highest BCUT2D eigenvalue weighted by molar-refractivity contribution is 9.10.